The number of allylic oxidation sites excluding steroid dienone is 5. The van der Waals surface area contributed by atoms with Crippen LogP contribution in [-0.4, -0.2) is 0 Å². The number of hydrogen-bond acceptors (Lipinski definition) is 0. The van der Waals surface area contributed by atoms with Gasteiger partial charge in [-0.2, -0.15) is 0 Å². The third-order valence-electron chi connectivity index (χ3n) is 1.89. The first-order chi connectivity index (χ1) is 7.91. The van der Waals surface area contributed by atoms with Crippen LogP contribution in [0.3, 0.4) is 0 Å². The van der Waals surface area contributed by atoms with Gasteiger partial charge in [-0.15, -0.1) is 0 Å². The maximum atomic E-state index is 3.57. The molecule has 0 unspecified atom stereocenters. The minimum atomic E-state index is 1.19. The maximum Gasteiger partial charge on any atom is -0.0348 e. The molecule has 1 aromatic rings. The van der Waals surface area contributed by atoms with Crippen molar-refractivity contribution in [1.29, 1.82) is 0 Å². The lowest BCUT2D eigenvalue weighted by atomic mass is 10.2. The molecule has 0 amide bonds. The second kappa shape index (κ2) is 13.4. The summed E-state index contributed by atoms with van der Waals surface area (Å²) in [5.41, 5.74) is 0. The lowest BCUT2D eigenvalue weighted by Crippen LogP contribution is -1.64. The monoisotopic (exact) mass is 214 g/mol. The summed E-state index contributed by atoms with van der Waals surface area (Å²) in [4.78, 5) is 0. The summed E-state index contributed by atoms with van der Waals surface area (Å²) in [5, 5.41) is 0. The van der Waals surface area contributed by atoms with Crippen molar-refractivity contribution in [1.82, 2.24) is 0 Å². The molecule has 0 saturated carbocycles. The molecule has 0 radical (unpaired) electrons. The van der Waals surface area contributed by atoms with Gasteiger partial charge in [0.2, 0.25) is 0 Å². The van der Waals surface area contributed by atoms with Gasteiger partial charge in [0.05, 0.1) is 0 Å². The summed E-state index contributed by atoms with van der Waals surface area (Å²) in [5.74, 6) is 0. The Labute approximate surface area is 100 Å². The molecule has 0 N–H and O–H groups in total. The fourth-order valence-corrected chi connectivity index (χ4v) is 1.02. The maximum absolute atomic E-state index is 3.57. The minimum Gasteiger partial charge on any atom is -0.0991 e. The van der Waals surface area contributed by atoms with Crippen molar-refractivity contribution in [2.24, 2.45) is 0 Å². The average Bonchev–Trinajstić information content (AvgIpc) is 2.37. The van der Waals surface area contributed by atoms with E-state index in [9.17, 15) is 0 Å². The molecule has 0 spiro atoms. The van der Waals surface area contributed by atoms with E-state index >= 15 is 0 Å². The highest BCUT2D eigenvalue weighted by molar-refractivity contribution is 5.08. The lowest BCUT2D eigenvalue weighted by molar-refractivity contribution is 0.815. The van der Waals surface area contributed by atoms with Gasteiger partial charge in [0, 0.05) is 0 Å². The first kappa shape index (κ1) is 14.4. The molecule has 0 aliphatic carbocycles. The molecule has 0 aromatic heterocycles. The topological polar surface area (TPSA) is 0 Å². The molecule has 0 saturated heterocycles. The van der Waals surface area contributed by atoms with Crippen LogP contribution in [0.15, 0.2) is 73.4 Å². The number of hydrogen-bond donors (Lipinski definition) is 0. The second-order valence-corrected chi connectivity index (χ2v) is 3.35. The van der Waals surface area contributed by atoms with E-state index in [1.54, 1.807) is 6.08 Å². The van der Waals surface area contributed by atoms with Gasteiger partial charge < -0.3 is 0 Å². The third-order valence-corrected chi connectivity index (χ3v) is 1.89. The Balaban J connectivity index is 0.000000315. The summed E-state index contributed by atoms with van der Waals surface area (Å²) in [6, 6.07) is 12.0. The summed E-state index contributed by atoms with van der Waals surface area (Å²) in [7, 11) is 0. The molecular formula is C16H22. The van der Waals surface area contributed by atoms with Crippen molar-refractivity contribution in [2.45, 2.75) is 26.2 Å². The van der Waals surface area contributed by atoms with E-state index in [0.717, 1.165) is 0 Å². The zero-order valence-corrected chi connectivity index (χ0v) is 10.2. The van der Waals surface area contributed by atoms with Gasteiger partial charge in [-0.1, -0.05) is 93.1 Å². The molecule has 0 heterocycles. The molecule has 0 bridgehead atoms. The van der Waals surface area contributed by atoms with Gasteiger partial charge in [-0.25, -0.2) is 0 Å². The van der Waals surface area contributed by atoms with Gasteiger partial charge in [0.1, 0.15) is 0 Å². The van der Waals surface area contributed by atoms with E-state index < -0.39 is 0 Å². The molecule has 0 atom stereocenters. The van der Waals surface area contributed by atoms with Crippen molar-refractivity contribution in [3.63, 3.8) is 0 Å². The van der Waals surface area contributed by atoms with Crippen LogP contribution in [0.25, 0.3) is 0 Å². The van der Waals surface area contributed by atoms with Crippen LogP contribution in [0, 0.1) is 0 Å². The molecule has 0 aliphatic heterocycles. The molecular weight excluding hydrogens is 192 g/mol. The van der Waals surface area contributed by atoms with Crippen LogP contribution in [0.5, 0.6) is 0 Å². The van der Waals surface area contributed by atoms with Crippen molar-refractivity contribution in [3.8, 4) is 0 Å². The van der Waals surface area contributed by atoms with E-state index in [4.69, 9.17) is 0 Å². The Morgan fingerprint density at radius 1 is 0.875 bits per heavy atom. The van der Waals surface area contributed by atoms with E-state index in [0.29, 0.717) is 0 Å². The largest absolute Gasteiger partial charge is 0.0991 e. The van der Waals surface area contributed by atoms with Crippen LogP contribution >= 0.6 is 0 Å². The molecule has 0 nitrogen and oxygen atoms in total. The number of unbranched alkanes of at least 4 members (excludes halogenated alkanes) is 2. The van der Waals surface area contributed by atoms with Gasteiger partial charge in [-0.05, 0) is 6.42 Å². The van der Waals surface area contributed by atoms with Gasteiger partial charge in [-0.3, -0.25) is 0 Å². The first-order valence-corrected chi connectivity index (χ1v) is 5.86. The SMILES string of the molecule is C=C/C=C\C=C\CCCC.c1ccccc1. The average molecular weight is 214 g/mol. The Morgan fingerprint density at radius 3 is 1.88 bits per heavy atom. The standard InChI is InChI=1S/C10H16.C6H6/c1-3-5-7-9-10-8-6-4-2;1-2-4-6-5-3-1/h3,5,7,9-10H,1,4,6,8H2,2H3;1-6H/b7-5-,10-9+;. The van der Waals surface area contributed by atoms with E-state index in [1.807, 2.05) is 48.6 Å². The van der Waals surface area contributed by atoms with E-state index in [2.05, 4.69) is 25.7 Å². The molecule has 1 aromatic carbocycles. The molecule has 0 aliphatic rings. The van der Waals surface area contributed by atoms with Gasteiger partial charge in [0.15, 0.2) is 0 Å². The molecule has 86 valence electrons. The fraction of sp³-hybridized carbons (Fsp3) is 0.250. The molecule has 0 fully saturated rings. The number of rotatable bonds is 5. The second-order valence-electron chi connectivity index (χ2n) is 3.35. The summed E-state index contributed by atoms with van der Waals surface area (Å²) in [6.45, 7) is 5.78. The highest BCUT2D eigenvalue weighted by Gasteiger charge is 1.74. The van der Waals surface area contributed by atoms with Crippen molar-refractivity contribution in [3.05, 3.63) is 73.4 Å². The summed E-state index contributed by atoms with van der Waals surface area (Å²) in [6.07, 6.45) is 13.7. The Hall–Kier alpha value is -1.56. The minimum absolute atomic E-state index is 1.19. The summed E-state index contributed by atoms with van der Waals surface area (Å²) >= 11 is 0. The fourth-order valence-electron chi connectivity index (χ4n) is 1.02. The Bertz CT molecular complexity index is 253. The van der Waals surface area contributed by atoms with Crippen LogP contribution in [0.2, 0.25) is 0 Å². The molecule has 1 rings (SSSR count). The van der Waals surface area contributed by atoms with Crippen molar-refractivity contribution < 1.29 is 0 Å². The third kappa shape index (κ3) is 12.4. The predicted molar refractivity (Wildman–Crippen MR) is 74.4 cm³/mol. The van der Waals surface area contributed by atoms with E-state index in [1.165, 1.54) is 19.3 Å². The normalized spacial score (nSPS) is 10.1. The van der Waals surface area contributed by atoms with Crippen LogP contribution < -0.4 is 0 Å². The quantitative estimate of drug-likeness (QED) is 0.469. The first-order valence-electron chi connectivity index (χ1n) is 5.86. The molecule has 16 heavy (non-hydrogen) atoms. The Kier molecular flexibility index (Phi) is 12.1. The van der Waals surface area contributed by atoms with Gasteiger partial charge in [0.25, 0.3) is 0 Å². The van der Waals surface area contributed by atoms with Crippen molar-refractivity contribution in [2.75, 3.05) is 0 Å². The summed E-state index contributed by atoms with van der Waals surface area (Å²) < 4.78 is 0. The predicted octanol–water partition coefficient (Wildman–Crippen LogP) is 5.16. The lowest BCUT2D eigenvalue weighted by Gasteiger charge is -1.84. The highest BCUT2D eigenvalue weighted by atomic mass is 13.8. The zero-order valence-electron chi connectivity index (χ0n) is 10.2. The Morgan fingerprint density at radius 2 is 1.44 bits per heavy atom. The molecule has 0 heteroatoms. The van der Waals surface area contributed by atoms with Crippen LogP contribution in [0.4, 0.5) is 0 Å². The van der Waals surface area contributed by atoms with Crippen molar-refractivity contribution >= 4 is 0 Å². The highest BCUT2D eigenvalue weighted by Crippen LogP contribution is 1.94. The number of benzene rings is 1. The van der Waals surface area contributed by atoms with Crippen LogP contribution in [-0.2, 0) is 0 Å². The van der Waals surface area contributed by atoms with E-state index in [-0.39, 0.29) is 0 Å². The van der Waals surface area contributed by atoms with Crippen LogP contribution in [0.1, 0.15) is 26.2 Å². The van der Waals surface area contributed by atoms with Gasteiger partial charge >= 0.3 is 0 Å². The zero-order chi connectivity index (χ0) is 11.9. The smallest absolute Gasteiger partial charge is 0.0348 e.